The van der Waals surface area contributed by atoms with Gasteiger partial charge in [-0.15, -0.1) is 0 Å². The first-order valence-corrected chi connectivity index (χ1v) is 5.66. The molecule has 0 heterocycles. The zero-order chi connectivity index (χ0) is 12.6. The van der Waals surface area contributed by atoms with Gasteiger partial charge in [0, 0.05) is 10.6 Å². The number of hydrogen-bond acceptors (Lipinski definition) is 1. The number of carbonyl (C=O) groups is 1. The lowest BCUT2D eigenvalue weighted by atomic mass is 9.64. The van der Waals surface area contributed by atoms with Gasteiger partial charge in [-0.05, 0) is 30.5 Å². The Morgan fingerprint density at radius 1 is 1.41 bits per heavy atom. The van der Waals surface area contributed by atoms with Crippen LogP contribution in [0.3, 0.4) is 0 Å². The van der Waals surface area contributed by atoms with Gasteiger partial charge < -0.3 is 5.11 Å². The third-order valence-electron chi connectivity index (χ3n) is 3.37. The summed E-state index contributed by atoms with van der Waals surface area (Å²) in [5.74, 6) is -0.989. The maximum Gasteiger partial charge on any atom is 0.314 e. The van der Waals surface area contributed by atoms with Crippen LogP contribution in [-0.2, 0) is 10.2 Å². The summed E-state index contributed by atoms with van der Waals surface area (Å²) < 4.78 is 25.2. The van der Waals surface area contributed by atoms with Gasteiger partial charge in [-0.1, -0.05) is 24.1 Å². The molecule has 1 N–H and O–H groups in total. The predicted molar refractivity (Wildman–Crippen MR) is 59.6 cm³/mol. The molecule has 2 rings (SSSR count). The molecule has 1 aromatic carbocycles. The molecule has 1 aliphatic rings. The van der Waals surface area contributed by atoms with E-state index in [4.69, 9.17) is 11.6 Å². The molecule has 0 radical (unpaired) electrons. The van der Waals surface area contributed by atoms with Gasteiger partial charge >= 0.3 is 5.97 Å². The van der Waals surface area contributed by atoms with E-state index in [1.54, 1.807) is 0 Å². The molecule has 0 aliphatic heterocycles. The summed E-state index contributed by atoms with van der Waals surface area (Å²) in [5.41, 5.74) is -0.935. The molecule has 92 valence electrons. The van der Waals surface area contributed by atoms with Gasteiger partial charge in [-0.25, -0.2) is 8.78 Å². The van der Waals surface area contributed by atoms with Crippen molar-refractivity contribution in [2.45, 2.75) is 31.1 Å². The van der Waals surface area contributed by atoms with Crippen molar-refractivity contribution in [3.8, 4) is 0 Å². The average molecular weight is 261 g/mol. The van der Waals surface area contributed by atoms with Crippen LogP contribution in [0.15, 0.2) is 18.2 Å². The number of halogens is 3. The number of alkyl halides is 2. The molecule has 1 saturated carbocycles. The van der Waals surface area contributed by atoms with Crippen molar-refractivity contribution in [1.82, 2.24) is 0 Å². The SMILES string of the molecule is O=C(O)C1(c2cc(C(F)F)ccc2Cl)CCC1. The van der Waals surface area contributed by atoms with Crippen LogP contribution < -0.4 is 0 Å². The monoisotopic (exact) mass is 260 g/mol. The molecule has 0 atom stereocenters. The lowest BCUT2D eigenvalue weighted by molar-refractivity contribution is -0.147. The Morgan fingerprint density at radius 3 is 2.47 bits per heavy atom. The molecule has 0 spiro atoms. The van der Waals surface area contributed by atoms with E-state index in [2.05, 4.69) is 0 Å². The molecular weight excluding hydrogens is 250 g/mol. The Hall–Kier alpha value is -1.16. The number of carboxylic acids is 1. The molecule has 2 nitrogen and oxygen atoms in total. The highest BCUT2D eigenvalue weighted by atomic mass is 35.5. The fourth-order valence-electron chi connectivity index (χ4n) is 2.17. The molecule has 0 saturated heterocycles. The molecule has 17 heavy (non-hydrogen) atoms. The smallest absolute Gasteiger partial charge is 0.314 e. The van der Waals surface area contributed by atoms with Crippen molar-refractivity contribution in [2.24, 2.45) is 0 Å². The minimum Gasteiger partial charge on any atom is -0.481 e. The summed E-state index contributed by atoms with van der Waals surface area (Å²) in [6.07, 6.45) is -0.928. The van der Waals surface area contributed by atoms with Crippen LogP contribution in [-0.4, -0.2) is 11.1 Å². The van der Waals surface area contributed by atoms with Crippen LogP contribution in [0.1, 0.15) is 36.8 Å². The first-order chi connectivity index (χ1) is 7.97. The summed E-state index contributed by atoms with van der Waals surface area (Å²) in [4.78, 5) is 11.3. The molecule has 0 amide bonds. The Balaban J connectivity index is 2.50. The van der Waals surface area contributed by atoms with Crippen molar-refractivity contribution < 1.29 is 18.7 Å². The second kappa shape index (κ2) is 4.26. The number of rotatable bonds is 3. The van der Waals surface area contributed by atoms with E-state index in [1.807, 2.05) is 0 Å². The number of aliphatic carboxylic acids is 1. The highest BCUT2D eigenvalue weighted by molar-refractivity contribution is 6.31. The fourth-order valence-corrected chi connectivity index (χ4v) is 2.47. The summed E-state index contributed by atoms with van der Waals surface area (Å²) in [6.45, 7) is 0. The number of benzene rings is 1. The predicted octanol–water partition coefficient (Wildman–Crippen LogP) is 3.78. The second-order valence-electron chi connectivity index (χ2n) is 4.28. The third kappa shape index (κ3) is 1.90. The van der Waals surface area contributed by atoms with E-state index >= 15 is 0 Å². The van der Waals surface area contributed by atoms with Gasteiger partial charge in [0.15, 0.2) is 0 Å². The minimum absolute atomic E-state index is 0.183. The van der Waals surface area contributed by atoms with Crippen LogP contribution in [0.25, 0.3) is 0 Å². The molecule has 0 unspecified atom stereocenters. The van der Waals surface area contributed by atoms with Crippen molar-refractivity contribution in [1.29, 1.82) is 0 Å². The Labute approximate surface area is 102 Å². The van der Waals surface area contributed by atoms with E-state index in [0.717, 1.165) is 6.42 Å². The van der Waals surface area contributed by atoms with E-state index in [0.29, 0.717) is 18.4 Å². The Bertz CT molecular complexity index is 456. The Kier molecular flexibility index (Phi) is 3.08. The molecule has 1 fully saturated rings. The van der Waals surface area contributed by atoms with Gasteiger partial charge in [0.1, 0.15) is 0 Å². The molecule has 1 aliphatic carbocycles. The molecule has 5 heteroatoms. The minimum atomic E-state index is -2.61. The van der Waals surface area contributed by atoms with Gasteiger partial charge in [-0.2, -0.15) is 0 Å². The van der Waals surface area contributed by atoms with Crippen molar-refractivity contribution >= 4 is 17.6 Å². The quantitative estimate of drug-likeness (QED) is 0.898. The summed E-state index contributed by atoms with van der Waals surface area (Å²) in [6, 6.07) is 3.80. The summed E-state index contributed by atoms with van der Waals surface area (Å²) in [5, 5.41) is 9.49. The van der Waals surface area contributed by atoms with Gasteiger partial charge in [0.05, 0.1) is 5.41 Å². The Morgan fingerprint density at radius 2 is 2.06 bits per heavy atom. The lowest BCUT2D eigenvalue weighted by Gasteiger charge is -2.38. The molecular formula is C12H11ClF2O2. The topological polar surface area (TPSA) is 37.3 Å². The first kappa shape index (κ1) is 12.3. The maximum absolute atomic E-state index is 12.6. The van der Waals surface area contributed by atoms with E-state index in [-0.39, 0.29) is 10.6 Å². The second-order valence-corrected chi connectivity index (χ2v) is 4.69. The highest BCUT2D eigenvalue weighted by Crippen LogP contribution is 2.47. The van der Waals surface area contributed by atoms with E-state index in [9.17, 15) is 18.7 Å². The lowest BCUT2D eigenvalue weighted by Crippen LogP contribution is -2.42. The molecule has 0 aromatic heterocycles. The van der Waals surface area contributed by atoms with E-state index < -0.39 is 17.8 Å². The van der Waals surface area contributed by atoms with Crippen molar-refractivity contribution in [3.05, 3.63) is 34.3 Å². The third-order valence-corrected chi connectivity index (χ3v) is 3.70. The number of hydrogen-bond donors (Lipinski definition) is 1. The van der Waals surface area contributed by atoms with Crippen molar-refractivity contribution in [2.75, 3.05) is 0 Å². The average Bonchev–Trinajstić information content (AvgIpc) is 2.18. The highest BCUT2D eigenvalue weighted by Gasteiger charge is 2.47. The first-order valence-electron chi connectivity index (χ1n) is 5.29. The van der Waals surface area contributed by atoms with Gasteiger partial charge in [0.25, 0.3) is 6.43 Å². The standard InChI is InChI=1S/C12H11ClF2O2/c13-9-3-2-7(10(14)15)6-8(9)12(11(16)17)4-1-5-12/h2-3,6,10H,1,4-5H2,(H,16,17). The van der Waals surface area contributed by atoms with Crippen LogP contribution in [0.2, 0.25) is 5.02 Å². The van der Waals surface area contributed by atoms with Crippen LogP contribution in [0.5, 0.6) is 0 Å². The zero-order valence-electron chi connectivity index (χ0n) is 8.92. The molecule has 0 bridgehead atoms. The van der Waals surface area contributed by atoms with Crippen LogP contribution in [0, 0.1) is 0 Å². The van der Waals surface area contributed by atoms with Crippen LogP contribution >= 0.6 is 11.6 Å². The van der Waals surface area contributed by atoms with Gasteiger partial charge in [0.2, 0.25) is 0 Å². The van der Waals surface area contributed by atoms with Crippen LogP contribution in [0.4, 0.5) is 8.78 Å². The summed E-state index contributed by atoms with van der Waals surface area (Å²) in [7, 11) is 0. The fraction of sp³-hybridized carbons (Fsp3) is 0.417. The summed E-state index contributed by atoms with van der Waals surface area (Å²) >= 11 is 5.93. The van der Waals surface area contributed by atoms with E-state index in [1.165, 1.54) is 18.2 Å². The maximum atomic E-state index is 12.6. The zero-order valence-corrected chi connectivity index (χ0v) is 9.68. The molecule has 1 aromatic rings. The normalized spacial score (nSPS) is 17.9. The number of carboxylic acid groups (broad SMARTS) is 1. The largest absolute Gasteiger partial charge is 0.481 e. The van der Waals surface area contributed by atoms with Gasteiger partial charge in [-0.3, -0.25) is 4.79 Å². The van der Waals surface area contributed by atoms with Crippen molar-refractivity contribution in [3.63, 3.8) is 0 Å².